The van der Waals surface area contributed by atoms with Crippen LogP contribution in [0.15, 0.2) is 132 Å². The lowest BCUT2D eigenvalue weighted by atomic mass is 9.67. The second-order valence-electron chi connectivity index (χ2n) is 14.7. The van der Waals surface area contributed by atoms with Gasteiger partial charge < -0.3 is 0 Å². The molecule has 0 bridgehead atoms. The number of fused-ring (bicyclic) bond motifs is 10. The van der Waals surface area contributed by atoms with Crippen LogP contribution in [0.25, 0.3) is 39.7 Å². The maximum absolute atomic E-state index is 2.57. The molecule has 0 amide bonds. The minimum Gasteiger partial charge on any atom is -0.143 e. The van der Waals surface area contributed by atoms with Crippen LogP contribution in [0.2, 0.25) is 0 Å². The molecule has 2 aliphatic carbocycles. The van der Waals surface area contributed by atoms with E-state index in [-0.39, 0.29) is 10.8 Å². The average Bonchev–Trinajstić information content (AvgIpc) is 3.99. The van der Waals surface area contributed by atoms with Crippen LogP contribution in [-0.4, -0.2) is 0 Å². The molecule has 11 rings (SSSR count). The fourth-order valence-corrected chi connectivity index (χ4v) is 14.1. The fraction of sp³-hybridized carbons (Fsp3) is 0.125. The molecule has 0 saturated heterocycles. The lowest BCUT2D eigenvalue weighted by Gasteiger charge is -2.34. The largest absolute Gasteiger partial charge is 0.143 e. The maximum atomic E-state index is 2.57. The van der Waals surface area contributed by atoms with Crippen molar-refractivity contribution < 1.29 is 0 Å². The molecule has 0 spiro atoms. The summed E-state index contributed by atoms with van der Waals surface area (Å²) in [6.45, 7) is 8.77. The second kappa shape index (κ2) is 11.0. The summed E-state index contributed by atoms with van der Waals surface area (Å²) in [6.07, 6.45) is 0. The molecule has 52 heavy (non-hydrogen) atoms. The van der Waals surface area contributed by atoms with Crippen molar-refractivity contribution in [1.29, 1.82) is 0 Å². The van der Waals surface area contributed by atoms with Crippen molar-refractivity contribution in [2.75, 3.05) is 0 Å². The van der Waals surface area contributed by atoms with E-state index in [4.69, 9.17) is 0 Å². The van der Waals surface area contributed by atoms with Gasteiger partial charge in [0, 0.05) is 19.2 Å². The van der Waals surface area contributed by atoms with Gasteiger partial charge in [0.2, 0.25) is 0 Å². The summed E-state index contributed by atoms with van der Waals surface area (Å²) in [5.74, 6) is 0. The van der Waals surface area contributed by atoms with Crippen LogP contribution < -0.4 is 0 Å². The van der Waals surface area contributed by atoms with Gasteiger partial charge in [0.1, 0.15) is 0 Å². The first-order chi connectivity index (χ1) is 25.4. The molecule has 4 heteroatoms. The maximum Gasteiger partial charge on any atom is 0.0736 e. The van der Waals surface area contributed by atoms with Gasteiger partial charge in [0.25, 0.3) is 0 Å². The van der Waals surface area contributed by atoms with Crippen LogP contribution >= 0.6 is 45.3 Å². The average molecular weight is 739 g/mol. The Kier molecular flexibility index (Phi) is 6.54. The molecule has 5 aromatic carbocycles. The highest BCUT2D eigenvalue weighted by molar-refractivity contribution is 7.27. The minimum atomic E-state index is -0.382. The van der Waals surface area contributed by atoms with E-state index in [1.54, 1.807) is 0 Å². The lowest BCUT2D eigenvalue weighted by molar-refractivity contribution is 0.777. The van der Waals surface area contributed by atoms with Crippen LogP contribution in [0.1, 0.15) is 66.8 Å². The van der Waals surface area contributed by atoms with Crippen LogP contribution in [-0.2, 0) is 10.8 Å². The monoisotopic (exact) mass is 738 g/mol. The van der Waals surface area contributed by atoms with E-state index >= 15 is 0 Å². The van der Waals surface area contributed by atoms with Crippen molar-refractivity contribution in [2.45, 2.75) is 38.5 Å². The molecule has 250 valence electrons. The summed E-state index contributed by atoms with van der Waals surface area (Å²) in [7, 11) is 0. The molecule has 9 aromatic rings. The smallest absolute Gasteiger partial charge is 0.0736 e. The molecule has 0 saturated carbocycles. The summed E-state index contributed by atoms with van der Waals surface area (Å²) in [5.41, 5.74) is 15.5. The highest BCUT2D eigenvalue weighted by Crippen LogP contribution is 2.66. The Balaban J connectivity index is 1.25. The molecule has 0 fully saturated rings. The molecular weight excluding hydrogens is 705 g/mol. The van der Waals surface area contributed by atoms with Gasteiger partial charge >= 0.3 is 0 Å². The highest BCUT2D eigenvalue weighted by atomic mass is 32.1. The molecule has 0 N–H and O–H groups in total. The van der Waals surface area contributed by atoms with Gasteiger partial charge in [0.15, 0.2) is 0 Å². The van der Waals surface area contributed by atoms with Gasteiger partial charge in [-0.3, -0.25) is 0 Å². The molecular formula is C48H34S4. The van der Waals surface area contributed by atoms with Crippen molar-refractivity contribution in [3.8, 4) is 19.5 Å². The summed E-state index contributed by atoms with van der Waals surface area (Å²) < 4.78 is 2.75. The summed E-state index contributed by atoms with van der Waals surface area (Å²) >= 11 is 7.79. The van der Waals surface area contributed by atoms with Crippen molar-refractivity contribution >= 4 is 65.5 Å². The zero-order chi connectivity index (χ0) is 34.9. The normalized spacial score (nSPS) is 14.8. The van der Waals surface area contributed by atoms with Crippen molar-refractivity contribution in [3.05, 3.63) is 199 Å². The van der Waals surface area contributed by atoms with Gasteiger partial charge in [-0.15, -0.1) is 45.3 Å². The van der Waals surface area contributed by atoms with E-state index < -0.39 is 0 Å². The molecule has 0 aliphatic heterocycles. The molecule has 0 unspecified atom stereocenters. The number of aryl methyl sites for hydroxylation is 4. The molecule has 0 nitrogen and oxygen atoms in total. The lowest BCUT2D eigenvalue weighted by Crippen LogP contribution is -2.28. The standard InChI is InChI=1S/C48H34S4/c1-27-5-13-31(14-6-27)47(32-15-7-28(2)8-16-32)37-21-23-49-43(37)45-41(47)35-25-40-36(26-39(35)51-45)42-46(52-40)44-38(22-24-50-44)48(42,33-17-9-29(3)10-18-33)34-19-11-30(4)12-20-34/h5-26H,1-4H3. The number of benzene rings is 5. The third-order valence-corrected chi connectivity index (χ3v) is 16.2. The minimum absolute atomic E-state index is 0.382. The summed E-state index contributed by atoms with van der Waals surface area (Å²) in [4.78, 5) is 5.69. The first-order valence-electron chi connectivity index (χ1n) is 17.9. The van der Waals surface area contributed by atoms with E-state index in [0.717, 1.165) is 0 Å². The predicted molar refractivity (Wildman–Crippen MR) is 227 cm³/mol. The number of hydrogen-bond acceptors (Lipinski definition) is 4. The topological polar surface area (TPSA) is 0 Å². The van der Waals surface area contributed by atoms with Crippen LogP contribution in [0, 0.1) is 27.7 Å². The van der Waals surface area contributed by atoms with E-state index in [9.17, 15) is 0 Å². The third kappa shape index (κ3) is 3.91. The zero-order valence-corrected chi connectivity index (χ0v) is 32.6. The SMILES string of the molecule is Cc1ccc(C2(c3ccc(C)cc3)c3ccsc3-c3sc4cc5c6c(sc5cc4c32)-c2sccc2C6(c2ccc(C)cc2)c2ccc(C)cc2)cc1. The van der Waals surface area contributed by atoms with E-state index in [2.05, 4.69) is 160 Å². The fourth-order valence-electron chi connectivity index (χ4n) is 9.33. The van der Waals surface area contributed by atoms with Gasteiger partial charge in [-0.05, 0) is 118 Å². The van der Waals surface area contributed by atoms with Gasteiger partial charge in [-0.2, -0.15) is 0 Å². The van der Waals surface area contributed by atoms with E-state index in [0.29, 0.717) is 0 Å². The van der Waals surface area contributed by atoms with Gasteiger partial charge in [-0.1, -0.05) is 119 Å². The second-order valence-corrected chi connectivity index (χ2v) is 18.7. The van der Waals surface area contributed by atoms with Crippen LogP contribution in [0.5, 0.6) is 0 Å². The summed E-state index contributed by atoms with van der Waals surface area (Å²) in [6, 6.07) is 47.3. The Bertz CT molecular complexity index is 2560. The Hall–Kier alpha value is -4.58. The number of rotatable bonds is 4. The number of hydrogen-bond donors (Lipinski definition) is 0. The van der Waals surface area contributed by atoms with Crippen LogP contribution in [0.4, 0.5) is 0 Å². The first-order valence-corrected chi connectivity index (χ1v) is 21.3. The highest BCUT2D eigenvalue weighted by Gasteiger charge is 2.51. The molecule has 0 atom stereocenters. The van der Waals surface area contributed by atoms with E-state index in [1.165, 1.54) is 106 Å². The zero-order valence-electron chi connectivity index (χ0n) is 29.3. The Labute approximate surface area is 320 Å². The predicted octanol–water partition coefficient (Wildman–Crippen LogP) is 14.2. The van der Waals surface area contributed by atoms with Crippen molar-refractivity contribution in [3.63, 3.8) is 0 Å². The molecule has 4 heterocycles. The van der Waals surface area contributed by atoms with Gasteiger partial charge in [-0.25, -0.2) is 0 Å². The van der Waals surface area contributed by atoms with Crippen molar-refractivity contribution in [1.82, 2.24) is 0 Å². The van der Waals surface area contributed by atoms with E-state index in [1.807, 2.05) is 45.3 Å². The van der Waals surface area contributed by atoms with Crippen LogP contribution in [0.3, 0.4) is 0 Å². The Morgan fingerprint density at radius 3 is 0.981 bits per heavy atom. The first kappa shape index (κ1) is 31.0. The van der Waals surface area contributed by atoms with Crippen molar-refractivity contribution in [2.24, 2.45) is 0 Å². The number of thiophene rings is 4. The van der Waals surface area contributed by atoms with Gasteiger partial charge in [0.05, 0.1) is 20.6 Å². The quantitative estimate of drug-likeness (QED) is 0.169. The molecule has 4 aromatic heterocycles. The Morgan fingerprint density at radius 1 is 0.365 bits per heavy atom. The molecule has 0 radical (unpaired) electrons. The summed E-state index contributed by atoms with van der Waals surface area (Å²) in [5, 5.41) is 7.38. The Morgan fingerprint density at radius 2 is 0.673 bits per heavy atom. The molecule has 2 aliphatic rings. The third-order valence-electron chi connectivity index (χ3n) is 11.7.